The number of allylic oxidation sites excluding steroid dienone is 2. The minimum atomic E-state index is -0.00134. The Balaban J connectivity index is 1.84. The van der Waals surface area contributed by atoms with Gasteiger partial charge in [0.2, 0.25) is 0 Å². The quantitative estimate of drug-likeness (QED) is 0.478. The molecule has 26 heavy (non-hydrogen) atoms. The van der Waals surface area contributed by atoms with Gasteiger partial charge in [0.25, 0.3) is 0 Å². The van der Waals surface area contributed by atoms with Crippen molar-refractivity contribution in [1.82, 2.24) is 0 Å². The Hall–Kier alpha value is -3.80. The SMILES string of the molecule is NC(=N\N=C/C=C/c1ccccc1)/C(N)=N\N=C\C=C/c1ccccc1. The van der Waals surface area contributed by atoms with Gasteiger partial charge in [0.05, 0.1) is 0 Å². The van der Waals surface area contributed by atoms with Crippen molar-refractivity contribution in [2.45, 2.75) is 0 Å². The second-order valence-corrected chi connectivity index (χ2v) is 5.04. The maximum atomic E-state index is 5.68. The fourth-order valence-corrected chi connectivity index (χ4v) is 1.81. The van der Waals surface area contributed by atoms with Crippen molar-refractivity contribution in [1.29, 1.82) is 0 Å². The van der Waals surface area contributed by atoms with Crippen molar-refractivity contribution < 1.29 is 0 Å². The number of benzene rings is 2. The molecule has 0 saturated carbocycles. The first-order valence-electron chi connectivity index (χ1n) is 7.92. The predicted octanol–water partition coefficient (Wildman–Crippen LogP) is 3.10. The molecule has 130 valence electrons. The van der Waals surface area contributed by atoms with Gasteiger partial charge in [-0.1, -0.05) is 72.8 Å². The highest BCUT2D eigenvalue weighted by Gasteiger charge is 1.96. The van der Waals surface area contributed by atoms with Gasteiger partial charge in [-0.2, -0.15) is 10.2 Å². The largest absolute Gasteiger partial charge is 0.379 e. The van der Waals surface area contributed by atoms with E-state index in [0.29, 0.717) is 0 Å². The summed E-state index contributed by atoms with van der Waals surface area (Å²) < 4.78 is 0. The number of amidine groups is 2. The molecule has 2 rings (SSSR count). The first-order valence-corrected chi connectivity index (χ1v) is 7.92. The molecule has 0 bridgehead atoms. The highest BCUT2D eigenvalue weighted by atomic mass is 15.3. The van der Waals surface area contributed by atoms with E-state index in [4.69, 9.17) is 11.5 Å². The standard InChI is InChI=1S/C20H20N6/c21-19(25-23-15-7-13-17-9-3-1-4-10-17)20(22)26-24-16-8-14-18-11-5-2-6-12-18/h1-16H,(H2,21,25)(H2,22,26)/b13-7-,14-8+,23-15+,24-16-. The highest BCUT2D eigenvalue weighted by Crippen LogP contribution is 2.00. The second kappa shape index (κ2) is 10.9. The van der Waals surface area contributed by atoms with Gasteiger partial charge in [-0.3, -0.25) is 0 Å². The van der Waals surface area contributed by atoms with Gasteiger partial charge >= 0.3 is 0 Å². The lowest BCUT2D eigenvalue weighted by Crippen LogP contribution is -2.30. The Labute approximate surface area is 152 Å². The Morgan fingerprint density at radius 1 is 0.615 bits per heavy atom. The Morgan fingerprint density at radius 3 is 1.38 bits per heavy atom. The van der Waals surface area contributed by atoms with Crippen molar-refractivity contribution in [2.75, 3.05) is 0 Å². The predicted molar refractivity (Wildman–Crippen MR) is 111 cm³/mol. The normalized spacial score (nSPS) is 13.5. The topological polar surface area (TPSA) is 101 Å². The highest BCUT2D eigenvalue weighted by molar-refractivity contribution is 6.39. The van der Waals surface area contributed by atoms with Crippen LogP contribution in [0.5, 0.6) is 0 Å². The van der Waals surface area contributed by atoms with Gasteiger partial charge in [0.1, 0.15) is 0 Å². The monoisotopic (exact) mass is 344 g/mol. The van der Waals surface area contributed by atoms with E-state index in [9.17, 15) is 0 Å². The molecule has 6 nitrogen and oxygen atoms in total. The summed E-state index contributed by atoms with van der Waals surface area (Å²) in [6.07, 6.45) is 10.3. The molecule has 2 aromatic carbocycles. The van der Waals surface area contributed by atoms with Gasteiger partial charge < -0.3 is 11.5 Å². The Morgan fingerprint density at radius 2 is 1.00 bits per heavy atom. The van der Waals surface area contributed by atoms with E-state index in [1.807, 2.05) is 72.8 Å². The molecule has 0 aromatic heterocycles. The average Bonchev–Trinajstić information content (AvgIpc) is 2.68. The van der Waals surface area contributed by atoms with Gasteiger partial charge in [0.15, 0.2) is 11.7 Å². The third-order valence-corrected chi connectivity index (χ3v) is 3.08. The Bertz CT molecular complexity index is 773. The van der Waals surface area contributed by atoms with Gasteiger partial charge in [0, 0.05) is 12.4 Å². The molecule has 0 amide bonds. The molecule has 6 heteroatoms. The molecule has 2 aromatic rings. The van der Waals surface area contributed by atoms with E-state index in [2.05, 4.69) is 20.4 Å². The Kier molecular flexibility index (Phi) is 7.76. The molecule has 0 radical (unpaired) electrons. The van der Waals surface area contributed by atoms with Crippen LogP contribution in [0.3, 0.4) is 0 Å². The van der Waals surface area contributed by atoms with Crippen molar-refractivity contribution in [3.8, 4) is 0 Å². The molecule has 4 N–H and O–H groups in total. The number of hydrogen-bond acceptors (Lipinski definition) is 4. The van der Waals surface area contributed by atoms with Crippen LogP contribution >= 0.6 is 0 Å². The number of nitrogens with two attached hydrogens (primary N) is 2. The first kappa shape index (κ1) is 18.5. The average molecular weight is 344 g/mol. The molecular formula is C20H20N6. The molecule has 0 aliphatic rings. The van der Waals surface area contributed by atoms with Crippen molar-refractivity contribution in [2.24, 2.45) is 31.9 Å². The van der Waals surface area contributed by atoms with E-state index in [-0.39, 0.29) is 11.7 Å². The van der Waals surface area contributed by atoms with Crippen LogP contribution in [0, 0.1) is 0 Å². The maximum Gasteiger partial charge on any atom is 0.190 e. The maximum absolute atomic E-state index is 5.68. The van der Waals surface area contributed by atoms with Crippen LogP contribution in [0.1, 0.15) is 11.1 Å². The molecule has 0 aliphatic carbocycles. The van der Waals surface area contributed by atoms with Crippen LogP contribution in [0.15, 0.2) is 93.2 Å². The lowest BCUT2D eigenvalue weighted by atomic mass is 10.2. The summed E-state index contributed by atoms with van der Waals surface area (Å²) in [6.45, 7) is 0. The van der Waals surface area contributed by atoms with Gasteiger partial charge in [-0.05, 0) is 23.3 Å². The van der Waals surface area contributed by atoms with Crippen LogP contribution in [-0.2, 0) is 0 Å². The van der Waals surface area contributed by atoms with Crippen LogP contribution in [0.4, 0.5) is 0 Å². The molecule has 0 aliphatic heterocycles. The van der Waals surface area contributed by atoms with E-state index in [1.165, 1.54) is 12.4 Å². The molecule has 0 atom stereocenters. The fourth-order valence-electron chi connectivity index (χ4n) is 1.81. The van der Waals surface area contributed by atoms with Crippen LogP contribution in [0.25, 0.3) is 12.2 Å². The van der Waals surface area contributed by atoms with Crippen molar-refractivity contribution in [3.63, 3.8) is 0 Å². The lowest BCUT2D eigenvalue weighted by Gasteiger charge is -1.93. The number of rotatable bonds is 6. The molecule has 0 unspecified atom stereocenters. The summed E-state index contributed by atoms with van der Waals surface area (Å²) in [5, 5.41) is 15.2. The summed E-state index contributed by atoms with van der Waals surface area (Å²) in [4.78, 5) is 0. The zero-order chi connectivity index (χ0) is 18.5. The smallest absolute Gasteiger partial charge is 0.190 e. The van der Waals surface area contributed by atoms with E-state index < -0.39 is 0 Å². The minimum absolute atomic E-state index is 0.00134. The summed E-state index contributed by atoms with van der Waals surface area (Å²) in [7, 11) is 0. The zero-order valence-electron chi connectivity index (χ0n) is 14.2. The molecule has 0 fully saturated rings. The molecular weight excluding hydrogens is 324 g/mol. The van der Waals surface area contributed by atoms with E-state index in [1.54, 1.807) is 12.2 Å². The number of hydrogen-bond donors (Lipinski definition) is 2. The first-order chi connectivity index (χ1) is 12.8. The van der Waals surface area contributed by atoms with Crippen molar-refractivity contribution >= 4 is 36.3 Å². The molecule has 0 saturated heterocycles. The number of nitrogens with zero attached hydrogens (tertiary/aromatic N) is 4. The van der Waals surface area contributed by atoms with Crippen molar-refractivity contribution in [3.05, 3.63) is 83.9 Å². The summed E-state index contributed by atoms with van der Waals surface area (Å²) in [5.41, 5.74) is 13.5. The molecule has 0 heterocycles. The zero-order valence-corrected chi connectivity index (χ0v) is 14.2. The third-order valence-electron chi connectivity index (χ3n) is 3.08. The minimum Gasteiger partial charge on any atom is -0.379 e. The fraction of sp³-hybridized carbons (Fsp3) is 0. The second-order valence-electron chi connectivity index (χ2n) is 5.04. The van der Waals surface area contributed by atoms with Crippen LogP contribution in [0.2, 0.25) is 0 Å². The van der Waals surface area contributed by atoms with Gasteiger partial charge in [-0.25, -0.2) is 0 Å². The van der Waals surface area contributed by atoms with Crippen LogP contribution < -0.4 is 11.5 Å². The summed E-state index contributed by atoms with van der Waals surface area (Å²) in [6, 6.07) is 19.7. The van der Waals surface area contributed by atoms with E-state index >= 15 is 0 Å². The third kappa shape index (κ3) is 7.18. The van der Waals surface area contributed by atoms with Crippen LogP contribution in [-0.4, -0.2) is 24.1 Å². The lowest BCUT2D eigenvalue weighted by molar-refractivity contribution is 1.22. The summed E-state index contributed by atoms with van der Waals surface area (Å²) in [5.74, 6) is -0.00269. The van der Waals surface area contributed by atoms with Gasteiger partial charge in [-0.15, -0.1) is 10.2 Å². The summed E-state index contributed by atoms with van der Waals surface area (Å²) >= 11 is 0. The molecule has 0 spiro atoms. The van der Waals surface area contributed by atoms with E-state index in [0.717, 1.165) is 11.1 Å².